The fraction of sp³-hybridized carbons (Fsp3) is 0.333. The van der Waals surface area contributed by atoms with E-state index in [2.05, 4.69) is 15.5 Å². The van der Waals surface area contributed by atoms with Gasteiger partial charge < -0.3 is 10.1 Å². The third-order valence-electron chi connectivity index (χ3n) is 2.91. The van der Waals surface area contributed by atoms with E-state index in [1.807, 2.05) is 19.9 Å². The molecule has 0 spiro atoms. The maximum Gasteiger partial charge on any atom is 0.251 e. The predicted octanol–water partition coefficient (Wildman–Crippen LogP) is 2.30. The second-order valence-corrected chi connectivity index (χ2v) is 4.38. The molecule has 1 aromatic heterocycles. The number of ether oxygens (including phenoxy) is 1. The zero-order chi connectivity index (χ0) is 14.4. The van der Waals surface area contributed by atoms with Gasteiger partial charge in [0, 0.05) is 5.56 Å². The second kappa shape index (κ2) is 6.75. The molecule has 1 heterocycles. The van der Waals surface area contributed by atoms with Gasteiger partial charge in [-0.15, -0.1) is 0 Å². The van der Waals surface area contributed by atoms with E-state index in [0.717, 1.165) is 23.6 Å². The largest absolute Gasteiger partial charge is 0.494 e. The van der Waals surface area contributed by atoms with E-state index >= 15 is 0 Å². The zero-order valence-corrected chi connectivity index (χ0v) is 11.8. The first-order valence-corrected chi connectivity index (χ1v) is 6.77. The topological polar surface area (TPSA) is 67.0 Å². The number of aromatic nitrogens is 2. The molecular weight excluding hydrogens is 254 g/mol. The second-order valence-electron chi connectivity index (χ2n) is 4.38. The first-order valence-electron chi connectivity index (χ1n) is 6.77. The summed E-state index contributed by atoms with van der Waals surface area (Å²) in [4.78, 5) is 12.0. The van der Waals surface area contributed by atoms with Gasteiger partial charge in [-0.05, 0) is 43.7 Å². The van der Waals surface area contributed by atoms with Gasteiger partial charge in [0.2, 0.25) is 0 Å². The Labute approximate surface area is 118 Å². The van der Waals surface area contributed by atoms with Crippen molar-refractivity contribution in [2.24, 2.45) is 0 Å². The summed E-state index contributed by atoms with van der Waals surface area (Å²) < 4.78 is 5.34. The number of aromatic amines is 1. The van der Waals surface area contributed by atoms with Crippen molar-refractivity contribution in [1.29, 1.82) is 0 Å². The van der Waals surface area contributed by atoms with Gasteiger partial charge in [-0.1, -0.05) is 6.92 Å². The molecule has 5 heteroatoms. The molecule has 0 saturated heterocycles. The molecule has 20 heavy (non-hydrogen) atoms. The average Bonchev–Trinajstić information content (AvgIpc) is 2.94. The molecule has 0 bridgehead atoms. The number of H-pyrrole nitrogens is 1. The molecule has 0 saturated carbocycles. The Bertz CT molecular complexity index is 561. The van der Waals surface area contributed by atoms with Crippen LogP contribution in [-0.4, -0.2) is 22.7 Å². The van der Waals surface area contributed by atoms with Gasteiger partial charge in [-0.25, -0.2) is 0 Å². The van der Waals surface area contributed by atoms with Crippen LogP contribution in [0.2, 0.25) is 0 Å². The van der Waals surface area contributed by atoms with E-state index in [1.165, 1.54) is 0 Å². The minimum atomic E-state index is -0.110. The van der Waals surface area contributed by atoms with E-state index in [-0.39, 0.29) is 5.91 Å². The van der Waals surface area contributed by atoms with E-state index in [0.29, 0.717) is 18.7 Å². The van der Waals surface area contributed by atoms with Crippen LogP contribution >= 0.6 is 0 Å². The third kappa shape index (κ3) is 3.60. The van der Waals surface area contributed by atoms with Gasteiger partial charge >= 0.3 is 0 Å². The lowest BCUT2D eigenvalue weighted by Gasteiger charge is -2.05. The van der Waals surface area contributed by atoms with Crippen LogP contribution in [0.4, 0.5) is 0 Å². The minimum Gasteiger partial charge on any atom is -0.494 e. The highest BCUT2D eigenvalue weighted by molar-refractivity contribution is 5.94. The third-order valence-corrected chi connectivity index (χ3v) is 2.91. The highest BCUT2D eigenvalue weighted by Crippen LogP contribution is 2.12. The summed E-state index contributed by atoms with van der Waals surface area (Å²) in [5.41, 5.74) is 2.51. The first kappa shape index (κ1) is 14.1. The number of rotatable bonds is 6. The number of carbonyl (C=O) groups is 1. The number of amides is 1. The summed E-state index contributed by atoms with van der Waals surface area (Å²) in [6.07, 6.45) is 0.878. The summed E-state index contributed by atoms with van der Waals surface area (Å²) in [5.74, 6) is 0.658. The molecule has 2 N–H and O–H groups in total. The molecule has 1 amide bonds. The van der Waals surface area contributed by atoms with Crippen LogP contribution in [0, 0.1) is 0 Å². The monoisotopic (exact) mass is 273 g/mol. The van der Waals surface area contributed by atoms with Gasteiger partial charge in [0.15, 0.2) is 0 Å². The van der Waals surface area contributed by atoms with Gasteiger partial charge in [0.25, 0.3) is 5.91 Å². The molecule has 0 unspecified atom stereocenters. The molecule has 0 aliphatic heterocycles. The Morgan fingerprint density at radius 2 is 2.05 bits per heavy atom. The molecule has 106 valence electrons. The molecule has 0 fully saturated rings. The molecule has 2 aromatic rings. The molecule has 0 atom stereocenters. The summed E-state index contributed by atoms with van der Waals surface area (Å²) in [5, 5.41) is 9.88. The average molecular weight is 273 g/mol. The van der Waals surface area contributed by atoms with Gasteiger partial charge in [0.05, 0.1) is 24.5 Å². The zero-order valence-electron chi connectivity index (χ0n) is 11.8. The van der Waals surface area contributed by atoms with Crippen molar-refractivity contribution in [2.75, 3.05) is 6.61 Å². The number of hydrogen-bond donors (Lipinski definition) is 2. The number of benzene rings is 1. The molecule has 0 aliphatic rings. The Morgan fingerprint density at radius 3 is 2.65 bits per heavy atom. The Hall–Kier alpha value is -2.30. The van der Waals surface area contributed by atoms with Crippen molar-refractivity contribution in [3.05, 3.63) is 47.3 Å². The predicted molar refractivity (Wildman–Crippen MR) is 76.7 cm³/mol. The smallest absolute Gasteiger partial charge is 0.251 e. The normalized spacial score (nSPS) is 10.3. The van der Waals surface area contributed by atoms with Crippen LogP contribution in [0.25, 0.3) is 0 Å². The number of nitrogens with zero attached hydrogens (tertiary/aromatic N) is 1. The van der Waals surface area contributed by atoms with Crippen molar-refractivity contribution in [2.45, 2.75) is 26.8 Å². The van der Waals surface area contributed by atoms with Gasteiger partial charge in [-0.3, -0.25) is 9.89 Å². The summed E-state index contributed by atoms with van der Waals surface area (Å²) in [6, 6.07) is 9.06. The van der Waals surface area contributed by atoms with E-state index < -0.39 is 0 Å². The number of aryl methyl sites for hydroxylation is 1. The van der Waals surface area contributed by atoms with Crippen molar-refractivity contribution in [1.82, 2.24) is 15.5 Å². The minimum absolute atomic E-state index is 0.110. The van der Waals surface area contributed by atoms with E-state index in [1.54, 1.807) is 24.3 Å². The quantitative estimate of drug-likeness (QED) is 0.848. The van der Waals surface area contributed by atoms with Gasteiger partial charge in [0.1, 0.15) is 5.75 Å². The van der Waals surface area contributed by atoms with Crippen LogP contribution in [0.1, 0.15) is 35.6 Å². The van der Waals surface area contributed by atoms with Crippen LogP contribution in [-0.2, 0) is 13.0 Å². The number of hydrogen-bond acceptors (Lipinski definition) is 3. The highest BCUT2D eigenvalue weighted by atomic mass is 16.5. The lowest BCUT2D eigenvalue weighted by atomic mass is 10.2. The van der Waals surface area contributed by atoms with E-state index in [4.69, 9.17) is 4.74 Å². The Balaban J connectivity index is 1.90. The van der Waals surface area contributed by atoms with E-state index in [9.17, 15) is 4.79 Å². The highest BCUT2D eigenvalue weighted by Gasteiger charge is 2.06. The van der Waals surface area contributed by atoms with Crippen LogP contribution < -0.4 is 10.1 Å². The SMILES string of the molecule is CCOc1ccc(C(=O)NCc2cc(CC)n[nH]2)cc1. The maximum atomic E-state index is 12.0. The van der Waals surface area contributed by atoms with Crippen molar-refractivity contribution >= 4 is 5.91 Å². The molecule has 1 aromatic carbocycles. The summed E-state index contributed by atoms with van der Waals surface area (Å²) in [6.45, 7) is 5.03. The lowest BCUT2D eigenvalue weighted by molar-refractivity contribution is 0.0950. The first-order chi connectivity index (χ1) is 9.72. The van der Waals surface area contributed by atoms with Crippen LogP contribution in [0.5, 0.6) is 5.75 Å². The van der Waals surface area contributed by atoms with Gasteiger partial charge in [-0.2, -0.15) is 5.10 Å². The fourth-order valence-corrected chi connectivity index (χ4v) is 1.83. The molecule has 2 rings (SSSR count). The fourth-order valence-electron chi connectivity index (χ4n) is 1.83. The van der Waals surface area contributed by atoms with Crippen LogP contribution in [0.15, 0.2) is 30.3 Å². The molecule has 0 radical (unpaired) electrons. The standard InChI is InChI=1S/C15H19N3O2/c1-3-12-9-13(18-17-12)10-16-15(19)11-5-7-14(8-6-11)20-4-2/h5-9H,3-4,10H2,1-2H3,(H,16,19)(H,17,18). The summed E-state index contributed by atoms with van der Waals surface area (Å²) >= 11 is 0. The number of carbonyl (C=O) groups excluding carboxylic acids is 1. The lowest BCUT2D eigenvalue weighted by Crippen LogP contribution is -2.22. The maximum absolute atomic E-state index is 12.0. The summed E-state index contributed by atoms with van der Waals surface area (Å²) in [7, 11) is 0. The number of nitrogens with one attached hydrogen (secondary N) is 2. The molecule has 5 nitrogen and oxygen atoms in total. The van der Waals surface area contributed by atoms with Crippen molar-refractivity contribution in [3.8, 4) is 5.75 Å². The van der Waals surface area contributed by atoms with Crippen molar-refractivity contribution in [3.63, 3.8) is 0 Å². The molecule has 0 aliphatic carbocycles. The van der Waals surface area contributed by atoms with Crippen molar-refractivity contribution < 1.29 is 9.53 Å². The Morgan fingerprint density at radius 1 is 1.30 bits per heavy atom. The molecular formula is C15H19N3O2. The van der Waals surface area contributed by atoms with Crippen LogP contribution in [0.3, 0.4) is 0 Å². The Kier molecular flexibility index (Phi) is 4.76.